The second-order valence-corrected chi connectivity index (χ2v) is 9.45. The van der Waals surface area contributed by atoms with Crippen molar-refractivity contribution in [3.05, 3.63) is 77.9 Å². The zero-order valence-corrected chi connectivity index (χ0v) is 18.5. The molecule has 1 saturated carbocycles. The molecule has 0 unspecified atom stereocenters. The van der Waals surface area contributed by atoms with Gasteiger partial charge in [0.25, 0.3) is 0 Å². The summed E-state index contributed by atoms with van der Waals surface area (Å²) in [5, 5.41) is 14.5. The summed E-state index contributed by atoms with van der Waals surface area (Å²) in [6.45, 7) is 4.30. The molecule has 0 bridgehead atoms. The Balaban J connectivity index is 1.40. The Hall–Kier alpha value is -2.82. The zero-order valence-electron chi connectivity index (χ0n) is 17.7. The van der Waals surface area contributed by atoms with Crippen molar-refractivity contribution in [3.63, 3.8) is 0 Å². The first-order valence-electron chi connectivity index (χ1n) is 11.0. The molecule has 3 aromatic carbocycles. The molecule has 0 radical (unpaired) electrons. The summed E-state index contributed by atoms with van der Waals surface area (Å²) in [7, 11) is 0. The first kappa shape index (κ1) is 20.1. The Morgan fingerprint density at radius 1 is 1.03 bits per heavy atom. The van der Waals surface area contributed by atoms with Crippen molar-refractivity contribution in [1.82, 2.24) is 5.32 Å². The quantitative estimate of drug-likeness (QED) is 0.299. The van der Waals surface area contributed by atoms with E-state index in [2.05, 4.69) is 60.8 Å². The lowest BCUT2D eigenvalue weighted by atomic mass is 10.1. The Labute approximate surface area is 187 Å². The van der Waals surface area contributed by atoms with Crippen LogP contribution < -0.4 is 10.1 Å². The molecule has 2 N–H and O–H groups in total. The van der Waals surface area contributed by atoms with Crippen LogP contribution in [0.3, 0.4) is 0 Å². The van der Waals surface area contributed by atoms with Crippen LogP contribution in [0.15, 0.2) is 66.7 Å². The third-order valence-electron chi connectivity index (χ3n) is 5.88. The molecular weight excluding hydrogens is 402 g/mol. The van der Waals surface area contributed by atoms with Crippen LogP contribution in [-0.4, -0.2) is 18.2 Å². The fourth-order valence-corrected chi connectivity index (χ4v) is 5.12. The summed E-state index contributed by atoms with van der Waals surface area (Å²) in [5.74, 6) is 2.88. The lowest BCUT2D eigenvalue weighted by Gasteiger charge is -2.11. The molecule has 0 spiro atoms. The lowest BCUT2D eigenvalue weighted by molar-refractivity contribution is 0.476. The summed E-state index contributed by atoms with van der Waals surface area (Å²) < 4.78 is 7.47. The fourth-order valence-electron chi connectivity index (χ4n) is 3.87. The number of fused-ring (bicyclic) bond motifs is 1. The molecule has 0 aliphatic heterocycles. The SMILES string of the molecule is Cc1ccccc1-c1sc2cc(O)ccc2c1Oc1ccc(CCNCC2CC2)cc1. The number of aromatic hydroxyl groups is 1. The summed E-state index contributed by atoms with van der Waals surface area (Å²) in [5.41, 5.74) is 3.68. The summed E-state index contributed by atoms with van der Waals surface area (Å²) >= 11 is 1.66. The van der Waals surface area contributed by atoms with Gasteiger partial charge in [-0.25, -0.2) is 0 Å². The number of hydrogen-bond donors (Lipinski definition) is 2. The molecule has 1 aliphatic rings. The van der Waals surface area contributed by atoms with E-state index in [1.807, 2.05) is 12.1 Å². The van der Waals surface area contributed by atoms with Gasteiger partial charge in [0.1, 0.15) is 11.5 Å². The van der Waals surface area contributed by atoms with E-state index in [0.29, 0.717) is 0 Å². The summed E-state index contributed by atoms with van der Waals surface area (Å²) in [6.07, 6.45) is 3.81. The van der Waals surface area contributed by atoms with Gasteiger partial charge in [0, 0.05) is 10.1 Å². The van der Waals surface area contributed by atoms with Crippen LogP contribution in [0.4, 0.5) is 0 Å². The van der Waals surface area contributed by atoms with Gasteiger partial charge < -0.3 is 15.2 Å². The highest BCUT2D eigenvalue weighted by molar-refractivity contribution is 7.22. The van der Waals surface area contributed by atoms with E-state index < -0.39 is 0 Å². The van der Waals surface area contributed by atoms with Crippen molar-refractivity contribution in [2.24, 2.45) is 5.92 Å². The highest BCUT2D eigenvalue weighted by Gasteiger charge is 2.20. The van der Waals surface area contributed by atoms with E-state index in [-0.39, 0.29) is 5.75 Å². The van der Waals surface area contributed by atoms with Gasteiger partial charge >= 0.3 is 0 Å². The molecule has 1 aromatic heterocycles. The van der Waals surface area contributed by atoms with Crippen molar-refractivity contribution >= 4 is 21.4 Å². The van der Waals surface area contributed by atoms with E-state index >= 15 is 0 Å². The largest absolute Gasteiger partial charge is 0.508 e. The van der Waals surface area contributed by atoms with Crippen LogP contribution in [0.1, 0.15) is 24.0 Å². The maximum atomic E-state index is 9.96. The number of phenols is 1. The van der Waals surface area contributed by atoms with Gasteiger partial charge in [0.2, 0.25) is 0 Å². The zero-order chi connectivity index (χ0) is 21.2. The van der Waals surface area contributed by atoms with Gasteiger partial charge in [-0.3, -0.25) is 0 Å². The molecule has 3 nitrogen and oxygen atoms in total. The minimum absolute atomic E-state index is 0.274. The van der Waals surface area contributed by atoms with E-state index in [0.717, 1.165) is 57.5 Å². The molecule has 158 valence electrons. The van der Waals surface area contributed by atoms with Gasteiger partial charge in [0.15, 0.2) is 5.75 Å². The molecule has 0 amide bonds. The van der Waals surface area contributed by atoms with Gasteiger partial charge in [0.05, 0.1) is 4.88 Å². The Kier molecular flexibility index (Phi) is 5.66. The van der Waals surface area contributed by atoms with Gasteiger partial charge in [-0.15, -0.1) is 11.3 Å². The van der Waals surface area contributed by atoms with E-state index in [1.54, 1.807) is 17.4 Å². The third kappa shape index (κ3) is 4.60. The number of rotatable bonds is 8. The molecular formula is C27H27NO2S. The van der Waals surface area contributed by atoms with Crippen molar-refractivity contribution in [3.8, 4) is 27.7 Å². The number of benzene rings is 3. The average molecular weight is 430 g/mol. The predicted octanol–water partition coefficient (Wildman–Crippen LogP) is 6.92. The Bertz CT molecular complexity index is 1190. The minimum atomic E-state index is 0.274. The van der Waals surface area contributed by atoms with Crippen molar-refractivity contribution in [2.75, 3.05) is 13.1 Å². The van der Waals surface area contributed by atoms with Crippen LogP contribution in [0.25, 0.3) is 20.5 Å². The molecule has 0 atom stereocenters. The standard InChI is InChI=1S/C27H27NO2S/c1-18-4-2-3-5-23(18)27-26(24-13-10-21(29)16-25(24)31-27)30-22-11-8-19(9-12-22)14-15-28-17-20-6-7-20/h2-5,8-13,16,20,28-29H,6-7,14-15,17H2,1H3. The molecule has 4 aromatic rings. The number of phenolic OH excluding ortho intramolecular Hbond substituents is 1. The predicted molar refractivity (Wildman–Crippen MR) is 129 cm³/mol. The summed E-state index contributed by atoms with van der Waals surface area (Å²) in [4.78, 5) is 1.09. The molecule has 31 heavy (non-hydrogen) atoms. The lowest BCUT2D eigenvalue weighted by Crippen LogP contribution is -2.19. The maximum Gasteiger partial charge on any atom is 0.153 e. The smallest absolute Gasteiger partial charge is 0.153 e. The maximum absolute atomic E-state index is 9.96. The van der Waals surface area contributed by atoms with E-state index in [4.69, 9.17) is 4.74 Å². The fraction of sp³-hybridized carbons (Fsp3) is 0.259. The minimum Gasteiger partial charge on any atom is -0.508 e. The Morgan fingerprint density at radius 3 is 2.61 bits per heavy atom. The number of nitrogens with one attached hydrogen (secondary N) is 1. The highest BCUT2D eigenvalue weighted by Crippen LogP contribution is 2.47. The molecule has 4 heteroatoms. The average Bonchev–Trinajstić information content (AvgIpc) is 3.54. The first-order valence-corrected chi connectivity index (χ1v) is 11.8. The molecule has 1 heterocycles. The topological polar surface area (TPSA) is 41.5 Å². The van der Waals surface area contributed by atoms with Gasteiger partial charge in [-0.2, -0.15) is 0 Å². The van der Waals surface area contributed by atoms with Crippen molar-refractivity contribution in [1.29, 1.82) is 0 Å². The van der Waals surface area contributed by atoms with Gasteiger partial charge in [-0.1, -0.05) is 36.4 Å². The molecule has 1 fully saturated rings. The number of hydrogen-bond acceptors (Lipinski definition) is 4. The monoisotopic (exact) mass is 429 g/mol. The molecule has 0 saturated heterocycles. The third-order valence-corrected chi connectivity index (χ3v) is 7.05. The van der Waals surface area contributed by atoms with E-state index in [1.165, 1.54) is 24.0 Å². The normalized spacial score (nSPS) is 13.6. The van der Waals surface area contributed by atoms with Crippen LogP contribution in [0.2, 0.25) is 0 Å². The number of aryl methyl sites for hydroxylation is 1. The van der Waals surface area contributed by atoms with Crippen LogP contribution in [0.5, 0.6) is 17.2 Å². The van der Waals surface area contributed by atoms with Crippen LogP contribution in [-0.2, 0) is 6.42 Å². The van der Waals surface area contributed by atoms with Crippen LogP contribution in [0, 0.1) is 12.8 Å². The van der Waals surface area contributed by atoms with Gasteiger partial charge in [-0.05, 0) is 92.2 Å². The van der Waals surface area contributed by atoms with Crippen LogP contribution >= 0.6 is 11.3 Å². The summed E-state index contributed by atoms with van der Waals surface area (Å²) in [6, 6.07) is 22.3. The second kappa shape index (κ2) is 8.74. The number of thiophene rings is 1. The number of ether oxygens (including phenoxy) is 1. The first-order chi connectivity index (χ1) is 15.2. The Morgan fingerprint density at radius 2 is 1.84 bits per heavy atom. The molecule has 1 aliphatic carbocycles. The van der Waals surface area contributed by atoms with Crippen molar-refractivity contribution in [2.45, 2.75) is 26.2 Å². The van der Waals surface area contributed by atoms with E-state index in [9.17, 15) is 5.11 Å². The second-order valence-electron chi connectivity index (χ2n) is 8.40. The van der Waals surface area contributed by atoms with Crippen molar-refractivity contribution < 1.29 is 9.84 Å². The molecule has 5 rings (SSSR count). The highest BCUT2D eigenvalue weighted by atomic mass is 32.1.